The van der Waals surface area contributed by atoms with E-state index in [4.69, 9.17) is 14.6 Å². The van der Waals surface area contributed by atoms with Crippen LogP contribution in [-0.2, 0) is 16.0 Å². The highest BCUT2D eigenvalue weighted by Crippen LogP contribution is 2.41. The molecule has 0 bridgehead atoms. The summed E-state index contributed by atoms with van der Waals surface area (Å²) >= 11 is 1.34. The van der Waals surface area contributed by atoms with Crippen LogP contribution in [0, 0.1) is 23.2 Å². The highest BCUT2D eigenvalue weighted by atomic mass is 32.2. The third kappa shape index (κ3) is 8.99. The maximum absolute atomic E-state index is 13.2. The molecule has 2 N–H and O–H groups in total. The maximum atomic E-state index is 13.2. The van der Waals surface area contributed by atoms with Crippen LogP contribution in [0.2, 0.25) is 0 Å². The number of hydrogen-bond acceptors (Lipinski definition) is 6. The van der Waals surface area contributed by atoms with Gasteiger partial charge in [-0.3, -0.25) is 4.79 Å². The number of rotatable bonds is 16. The van der Waals surface area contributed by atoms with Gasteiger partial charge >= 0.3 is 0 Å². The third-order valence-corrected chi connectivity index (χ3v) is 9.48. The fourth-order valence-corrected chi connectivity index (χ4v) is 6.78. The predicted molar refractivity (Wildman–Crippen MR) is 166 cm³/mol. The Hall–Kier alpha value is -2.02. The highest BCUT2D eigenvalue weighted by Gasteiger charge is 2.32. The van der Waals surface area contributed by atoms with Crippen molar-refractivity contribution in [1.82, 2.24) is 0 Å². The van der Waals surface area contributed by atoms with E-state index in [9.17, 15) is 9.90 Å². The Morgan fingerprint density at radius 2 is 1.88 bits per heavy atom. The molecule has 0 radical (unpaired) electrons. The molecule has 3 rings (SSSR count). The molecule has 0 saturated heterocycles. The molecule has 1 aliphatic carbocycles. The molecule has 0 fully saturated rings. The van der Waals surface area contributed by atoms with Crippen LogP contribution in [-0.4, -0.2) is 46.5 Å². The summed E-state index contributed by atoms with van der Waals surface area (Å²) in [6.07, 6.45) is 13.1. The van der Waals surface area contributed by atoms with Crippen molar-refractivity contribution in [3.63, 3.8) is 0 Å². The van der Waals surface area contributed by atoms with Gasteiger partial charge in [0.2, 0.25) is 5.12 Å². The fraction of sp³-hybridized carbons (Fsp3) is 0.618. The number of fused-ring (bicyclic) bond motifs is 1. The molecule has 4 atom stereocenters. The number of carbonyl (C=O) groups excluding carboxylic acids is 1. The molecule has 222 valence electrons. The van der Waals surface area contributed by atoms with Gasteiger partial charge in [-0.05, 0) is 78.3 Å². The average molecular weight is 571 g/mol. The molecule has 5 nitrogen and oxygen atoms in total. The van der Waals surface area contributed by atoms with E-state index in [1.165, 1.54) is 18.2 Å². The molecular formula is C34H50O5S. The molecule has 2 aliphatic rings. The summed E-state index contributed by atoms with van der Waals surface area (Å²) in [6, 6.07) is 5.87. The van der Waals surface area contributed by atoms with Crippen molar-refractivity contribution in [3.8, 4) is 5.75 Å². The van der Waals surface area contributed by atoms with Crippen molar-refractivity contribution in [2.24, 2.45) is 23.2 Å². The molecule has 6 heteroatoms. The first-order chi connectivity index (χ1) is 19.1. The molecule has 0 saturated carbocycles. The Bertz CT molecular complexity index is 1070. The van der Waals surface area contributed by atoms with E-state index in [-0.39, 0.29) is 29.5 Å². The van der Waals surface area contributed by atoms with E-state index in [1.807, 2.05) is 30.4 Å². The third-order valence-electron chi connectivity index (χ3n) is 8.33. The van der Waals surface area contributed by atoms with E-state index >= 15 is 0 Å². The molecule has 0 aromatic heterocycles. The molecule has 0 spiro atoms. The second-order valence-electron chi connectivity index (χ2n) is 12.3. The number of aliphatic hydroxyl groups is 2. The summed E-state index contributed by atoms with van der Waals surface area (Å²) in [5.74, 6) is 2.88. The van der Waals surface area contributed by atoms with Crippen molar-refractivity contribution >= 4 is 22.5 Å². The summed E-state index contributed by atoms with van der Waals surface area (Å²) < 4.78 is 11.7. The zero-order chi connectivity index (χ0) is 29.3. The summed E-state index contributed by atoms with van der Waals surface area (Å²) in [7, 11) is 0. The Balaban J connectivity index is 1.56. The zero-order valence-corrected chi connectivity index (χ0v) is 26.1. The van der Waals surface area contributed by atoms with Gasteiger partial charge in [-0.1, -0.05) is 77.9 Å². The van der Waals surface area contributed by atoms with Gasteiger partial charge in [-0.25, -0.2) is 0 Å². The minimum absolute atomic E-state index is 0.0117. The fourth-order valence-electron chi connectivity index (χ4n) is 5.70. The molecule has 1 heterocycles. The summed E-state index contributed by atoms with van der Waals surface area (Å²) in [4.78, 5) is 13.2. The Labute approximate surface area is 246 Å². The molecule has 1 aliphatic heterocycles. The van der Waals surface area contributed by atoms with Gasteiger partial charge in [0.15, 0.2) is 0 Å². The second kappa shape index (κ2) is 15.3. The number of benzene rings is 1. The number of allylic oxidation sites excluding steroid dienone is 3. The van der Waals surface area contributed by atoms with E-state index in [0.29, 0.717) is 30.3 Å². The first-order valence-electron chi connectivity index (χ1n) is 15.1. The monoisotopic (exact) mass is 570 g/mol. The topological polar surface area (TPSA) is 76.0 Å². The SMILES string of the molecule is CCc1cc(OCCCO)ccc1C1=CC2C=CC(OCC(O)CCCC(C)(CC(C)C)C(C)C)=CC2SC1=O. The Morgan fingerprint density at radius 1 is 1.10 bits per heavy atom. The van der Waals surface area contributed by atoms with Gasteiger partial charge in [-0.2, -0.15) is 0 Å². The van der Waals surface area contributed by atoms with Gasteiger partial charge in [0.05, 0.1) is 12.7 Å². The maximum Gasteiger partial charge on any atom is 0.220 e. The summed E-state index contributed by atoms with van der Waals surface area (Å²) in [5.41, 5.74) is 3.07. The van der Waals surface area contributed by atoms with Crippen molar-refractivity contribution < 1.29 is 24.5 Å². The Kier molecular flexibility index (Phi) is 12.4. The number of hydrogen-bond donors (Lipinski definition) is 2. The van der Waals surface area contributed by atoms with E-state index in [2.05, 4.69) is 53.7 Å². The lowest BCUT2D eigenvalue weighted by Crippen LogP contribution is -2.26. The smallest absolute Gasteiger partial charge is 0.220 e. The lowest BCUT2D eigenvalue weighted by atomic mass is 9.70. The first-order valence-corrected chi connectivity index (χ1v) is 15.9. The number of carbonyl (C=O) groups is 1. The van der Waals surface area contributed by atoms with E-state index in [1.54, 1.807) is 0 Å². The van der Waals surface area contributed by atoms with Gasteiger partial charge in [-0.15, -0.1) is 0 Å². The number of ether oxygens (including phenoxy) is 2. The zero-order valence-electron chi connectivity index (χ0n) is 25.3. The number of aryl methyl sites for hydroxylation is 1. The summed E-state index contributed by atoms with van der Waals surface area (Å²) in [5, 5.41) is 19.6. The molecule has 1 aromatic carbocycles. The van der Waals surface area contributed by atoms with Crippen LogP contribution in [0.25, 0.3) is 5.57 Å². The van der Waals surface area contributed by atoms with E-state index < -0.39 is 6.10 Å². The minimum Gasteiger partial charge on any atom is -0.493 e. The van der Waals surface area contributed by atoms with Crippen LogP contribution in [0.5, 0.6) is 5.75 Å². The predicted octanol–water partition coefficient (Wildman–Crippen LogP) is 7.36. The quantitative estimate of drug-likeness (QED) is 0.202. The van der Waals surface area contributed by atoms with Gasteiger partial charge in [0, 0.05) is 29.8 Å². The number of thioether (sulfide) groups is 1. The normalized spacial score (nSPS) is 21.1. The van der Waals surface area contributed by atoms with Crippen LogP contribution in [0.4, 0.5) is 0 Å². The van der Waals surface area contributed by atoms with Crippen molar-refractivity contribution in [1.29, 1.82) is 0 Å². The minimum atomic E-state index is -0.502. The number of aliphatic hydroxyl groups excluding tert-OH is 2. The molecule has 40 heavy (non-hydrogen) atoms. The van der Waals surface area contributed by atoms with Gasteiger partial charge < -0.3 is 19.7 Å². The van der Waals surface area contributed by atoms with Crippen molar-refractivity contribution in [3.05, 3.63) is 59.4 Å². The van der Waals surface area contributed by atoms with Crippen LogP contribution in [0.15, 0.2) is 48.3 Å². The molecule has 1 aromatic rings. The van der Waals surface area contributed by atoms with Crippen LogP contribution in [0.3, 0.4) is 0 Å². The first kappa shape index (κ1) is 32.5. The van der Waals surface area contributed by atoms with Crippen LogP contribution >= 0.6 is 11.8 Å². The lowest BCUT2D eigenvalue weighted by Gasteiger charge is -2.36. The molecule has 0 amide bonds. The van der Waals surface area contributed by atoms with E-state index in [0.717, 1.165) is 53.9 Å². The molecule has 4 unspecified atom stereocenters. The average Bonchev–Trinajstić information content (AvgIpc) is 2.91. The Morgan fingerprint density at radius 3 is 2.55 bits per heavy atom. The second-order valence-corrected chi connectivity index (χ2v) is 13.5. The van der Waals surface area contributed by atoms with Gasteiger partial charge in [0.1, 0.15) is 18.1 Å². The van der Waals surface area contributed by atoms with Crippen molar-refractivity contribution in [2.75, 3.05) is 19.8 Å². The summed E-state index contributed by atoms with van der Waals surface area (Å²) in [6.45, 7) is 14.5. The lowest BCUT2D eigenvalue weighted by molar-refractivity contribution is -0.106. The van der Waals surface area contributed by atoms with Crippen molar-refractivity contribution in [2.45, 2.75) is 91.4 Å². The largest absolute Gasteiger partial charge is 0.493 e. The van der Waals surface area contributed by atoms with Crippen LogP contribution < -0.4 is 4.74 Å². The molecular weight excluding hydrogens is 520 g/mol. The highest BCUT2D eigenvalue weighted by molar-refractivity contribution is 8.15. The van der Waals surface area contributed by atoms with Gasteiger partial charge in [0.25, 0.3) is 0 Å². The standard InChI is InChI=1S/C34H50O5S/c1-7-25-18-28(38-17-9-16-35)13-14-30(25)31-19-26-11-12-29(20-32(26)40-33(31)37)39-22-27(36)10-8-15-34(6,24(4)5)21-23(2)3/h11-14,18-20,23-24,26-27,32,35-36H,7-10,15-17,21-22H2,1-6H3. The van der Waals surface area contributed by atoms with Crippen LogP contribution in [0.1, 0.15) is 84.8 Å².